The van der Waals surface area contributed by atoms with E-state index in [9.17, 15) is 4.79 Å². The number of carbonyl (C=O) groups excluding carboxylic acids is 1. The van der Waals surface area contributed by atoms with Crippen LogP contribution in [-0.2, 0) is 11.3 Å². The van der Waals surface area contributed by atoms with Crippen LogP contribution in [0.3, 0.4) is 0 Å². The number of ether oxygens (including phenoxy) is 1. The molecule has 0 N–H and O–H groups in total. The zero-order chi connectivity index (χ0) is 16.8. The molecule has 0 saturated carbocycles. The summed E-state index contributed by atoms with van der Waals surface area (Å²) in [5, 5.41) is 0.896. The first-order valence-electron chi connectivity index (χ1n) is 8.72. The molecule has 2 heterocycles. The van der Waals surface area contributed by atoms with Crippen LogP contribution >= 0.6 is 11.3 Å². The van der Waals surface area contributed by atoms with Crippen molar-refractivity contribution in [2.45, 2.75) is 39.2 Å². The maximum atomic E-state index is 12.5. The molecule has 1 saturated heterocycles. The molecule has 2 aromatic rings. The van der Waals surface area contributed by atoms with Crippen molar-refractivity contribution >= 4 is 17.3 Å². The fourth-order valence-corrected chi connectivity index (χ4v) is 3.94. The molecule has 1 aromatic heterocycles. The Morgan fingerprint density at radius 1 is 1.25 bits per heavy atom. The summed E-state index contributed by atoms with van der Waals surface area (Å²) in [6, 6.07) is 10.0. The van der Waals surface area contributed by atoms with Crippen LogP contribution in [-0.4, -0.2) is 35.5 Å². The van der Waals surface area contributed by atoms with Gasteiger partial charge in [0.05, 0.1) is 11.5 Å². The van der Waals surface area contributed by atoms with Crippen molar-refractivity contribution in [3.63, 3.8) is 0 Å². The monoisotopic (exact) mass is 344 g/mol. The van der Waals surface area contributed by atoms with Gasteiger partial charge in [-0.2, -0.15) is 0 Å². The molecule has 0 unspecified atom stereocenters. The smallest absolute Gasteiger partial charge is 0.358 e. The third-order valence-electron chi connectivity index (χ3n) is 4.21. The number of nitrogens with zero attached hydrogens (tertiary/aromatic N) is 2. The molecule has 4 nitrogen and oxygen atoms in total. The van der Waals surface area contributed by atoms with Crippen LogP contribution in [0, 0.1) is 0 Å². The number of hydrogen-bond acceptors (Lipinski definition) is 5. The van der Waals surface area contributed by atoms with Gasteiger partial charge >= 0.3 is 5.97 Å². The molecule has 0 spiro atoms. The van der Waals surface area contributed by atoms with E-state index in [1.807, 2.05) is 30.3 Å². The molecule has 0 bridgehead atoms. The van der Waals surface area contributed by atoms with Crippen molar-refractivity contribution in [1.29, 1.82) is 0 Å². The van der Waals surface area contributed by atoms with Gasteiger partial charge in [0, 0.05) is 12.1 Å². The first-order valence-corrected chi connectivity index (χ1v) is 9.54. The summed E-state index contributed by atoms with van der Waals surface area (Å²) in [5.41, 5.74) is 1.56. The Balaban J connectivity index is 1.83. The van der Waals surface area contributed by atoms with Gasteiger partial charge in [-0.25, -0.2) is 9.78 Å². The van der Waals surface area contributed by atoms with Crippen molar-refractivity contribution < 1.29 is 9.53 Å². The van der Waals surface area contributed by atoms with E-state index in [1.54, 1.807) is 11.3 Å². The minimum atomic E-state index is -0.281. The van der Waals surface area contributed by atoms with E-state index >= 15 is 0 Å². The van der Waals surface area contributed by atoms with E-state index < -0.39 is 0 Å². The van der Waals surface area contributed by atoms with Gasteiger partial charge in [-0.3, -0.25) is 4.90 Å². The maximum Gasteiger partial charge on any atom is 0.358 e. The topological polar surface area (TPSA) is 42.4 Å². The third-order valence-corrected chi connectivity index (χ3v) is 5.30. The highest BCUT2D eigenvalue weighted by molar-refractivity contribution is 7.15. The molecule has 128 valence electrons. The number of hydrogen-bond donors (Lipinski definition) is 0. The molecule has 24 heavy (non-hydrogen) atoms. The van der Waals surface area contributed by atoms with E-state index in [4.69, 9.17) is 4.74 Å². The summed E-state index contributed by atoms with van der Waals surface area (Å²) in [6.07, 6.45) is 4.38. The van der Waals surface area contributed by atoms with Gasteiger partial charge in [-0.05, 0) is 32.4 Å². The fraction of sp³-hybridized carbons (Fsp3) is 0.474. The lowest BCUT2D eigenvalue weighted by molar-refractivity contribution is 0.0491. The van der Waals surface area contributed by atoms with Crippen molar-refractivity contribution in [3.8, 4) is 10.6 Å². The molecule has 0 radical (unpaired) electrons. The summed E-state index contributed by atoms with van der Waals surface area (Å²) < 4.78 is 5.41. The fourth-order valence-electron chi connectivity index (χ4n) is 2.84. The number of likely N-dealkylation sites (tertiary alicyclic amines) is 1. The Kier molecular flexibility index (Phi) is 5.99. The summed E-state index contributed by atoms with van der Waals surface area (Å²) >= 11 is 1.61. The molecule has 1 aliphatic heterocycles. The van der Waals surface area contributed by atoms with Gasteiger partial charge in [0.1, 0.15) is 5.01 Å². The van der Waals surface area contributed by atoms with Gasteiger partial charge in [0.15, 0.2) is 5.69 Å². The minimum absolute atomic E-state index is 0.281. The highest BCUT2D eigenvalue weighted by Gasteiger charge is 2.23. The largest absolute Gasteiger partial charge is 0.461 e. The first-order chi connectivity index (χ1) is 11.8. The van der Waals surface area contributed by atoms with Crippen LogP contribution < -0.4 is 0 Å². The second-order valence-electron chi connectivity index (χ2n) is 6.13. The highest BCUT2D eigenvalue weighted by atomic mass is 32.1. The van der Waals surface area contributed by atoms with E-state index in [-0.39, 0.29) is 5.97 Å². The number of benzene rings is 1. The zero-order valence-electron chi connectivity index (χ0n) is 14.2. The highest BCUT2D eigenvalue weighted by Crippen LogP contribution is 2.30. The summed E-state index contributed by atoms with van der Waals surface area (Å²) in [7, 11) is 0. The van der Waals surface area contributed by atoms with Crippen molar-refractivity contribution in [2.75, 3.05) is 19.7 Å². The number of carbonyl (C=O) groups is 1. The van der Waals surface area contributed by atoms with Crippen LogP contribution in [0.5, 0.6) is 0 Å². The van der Waals surface area contributed by atoms with E-state index in [2.05, 4.69) is 16.8 Å². The Labute approximate surface area is 147 Å². The van der Waals surface area contributed by atoms with Crippen LogP contribution in [0.25, 0.3) is 10.6 Å². The van der Waals surface area contributed by atoms with Gasteiger partial charge in [-0.1, -0.05) is 43.7 Å². The molecule has 1 aliphatic rings. The quantitative estimate of drug-likeness (QED) is 0.553. The molecule has 1 aromatic carbocycles. The minimum Gasteiger partial charge on any atom is -0.461 e. The molecular weight excluding hydrogens is 320 g/mol. The average molecular weight is 344 g/mol. The summed E-state index contributed by atoms with van der Waals surface area (Å²) in [5.74, 6) is -0.281. The lowest BCUT2D eigenvalue weighted by Crippen LogP contribution is -2.19. The second kappa shape index (κ2) is 8.40. The number of aromatic nitrogens is 1. The Morgan fingerprint density at radius 2 is 2.00 bits per heavy atom. The second-order valence-corrected chi connectivity index (χ2v) is 7.21. The molecule has 0 amide bonds. The van der Waals surface area contributed by atoms with Gasteiger partial charge in [-0.15, -0.1) is 11.3 Å². The number of thiazole rings is 1. The normalized spacial score (nSPS) is 14.9. The Morgan fingerprint density at radius 3 is 2.71 bits per heavy atom. The molecule has 1 fully saturated rings. The molecule has 0 aliphatic carbocycles. The Hall–Kier alpha value is -1.72. The van der Waals surface area contributed by atoms with Crippen molar-refractivity contribution in [1.82, 2.24) is 9.88 Å². The number of unbranched alkanes of at least 4 members (excludes halogenated alkanes) is 1. The van der Waals surface area contributed by atoms with Crippen molar-refractivity contribution in [3.05, 3.63) is 40.9 Å². The number of esters is 1. The van der Waals surface area contributed by atoms with Gasteiger partial charge in [0.2, 0.25) is 0 Å². The van der Waals surface area contributed by atoms with Crippen LogP contribution in [0.4, 0.5) is 0 Å². The Bertz CT molecular complexity index is 663. The molecule has 3 rings (SSSR count). The summed E-state index contributed by atoms with van der Waals surface area (Å²) in [6.45, 7) is 5.55. The average Bonchev–Trinajstić information content (AvgIpc) is 3.26. The van der Waals surface area contributed by atoms with Gasteiger partial charge in [0.25, 0.3) is 0 Å². The standard InChI is InChI=1S/C19H24N2O2S/c1-2-3-13-23-19(22)17-16(14-21-11-7-8-12-21)24-18(20-17)15-9-5-4-6-10-15/h4-6,9-10H,2-3,7-8,11-14H2,1H3. The number of rotatable bonds is 7. The molecule has 0 atom stereocenters. The first kappa shape index (κ1) is 17.1. The van der Waals surface area contributed by atoms with Crippen molar-refractivity contribution in [2.24, 2.45) is 0 Å². The van der Waals surface area contributed by atoms with Crippen LogP contribution in [0.15, 0.2) is 30.3 Å². The molecule has 5 heteroatoms. The lowest BCUT2D eigenvalue weighted by atomic mass is 10.2. The van der Waals surface area contributed by atoms with Gasteiger partial charge < -0.3 is 4.74 Å². The lowest BCUT2D eigenvalue weighted by Gasteiger charge is -2.13. The SMILES string of the molecule is CCCCOC(=O)c1nc(-c2ccccc2)sc1CN1CCCC1. The predicted molar refractivity (Wildman–Crippen MR) is 97.3 cm³/mol. The van der Waals surface area contributed by atoms with Crippen LogP contribution in [0.1, 0.15) is 48.0 Å². The van der Waals surface area contributed by atoms with Crippen LogP contribution in [0.2, 0.25) is 0 Å². The predicted octanol–water partition coefficient (Wildman–Crippen LogP) is 4.36. The zero-order valence-corrected chi connectivity index (χ0v) is 15.0. The maximum absolute atomic E-state index is 12.5. The van der Waals surface area contributed by atoms with E-state index in [0.29, 0.717) is 12.3 Å². The summed E-state index contributed by atoms with van der Waals surface area (Å²) in [4.78, 5) is 20.5. The van der Waals surface area contributed by atoms with E-state index in [1.165, 1.54) is 12.8 Å². The molecular formula is C19H24N2O2S. The third kappa shape index (κ3) is 4.22. The van der Waals surface area contributed by atoms with E-state index in [0.717, 1.165) is 47.9 Å².